The zero-order valence-corrected chi connectivity index (χ0v) is 9.05. The second kappa shape index (κ2) is 3.86. The molecule has 3 rings (SSSR count). The van der Waals surface area contributed by atoms with Gasteiger partial charge in [0.1, 0.15) is 11.3 Å². The van der Waals surface area contributed by atoms with E-state index < -0.39 is 0 Å². The number of rotatable bonds is 3. The molecule has 3 aromatic heterocycles. The fourth-order valence-electron chi connectivity index (χ4n) is 1.38. The highest BCUT2D eigenvalue weighted by molar-refractivity contribution is 7.09. The van der Waals surface area contributed by atoms with Crippen molar-refractivity contribution in [3.8, 4) is 0 Å². The number of nitrogens with zero attached hydrogens (tertiary/aromatic N) is 5. The van der Waals surface area contributed by atoms with E-state index in [0.717, 1.165) is 16.5 Å². The van der Waals surface area contributed by atoms with Gasteiger partial charge in [-0.1, -0.05) is 0 Å². The quantitative estimate of drug-likeness (QED) is 0.734. The molecule has 7 heteroatoms. The third kappa shape index (κ3) is 1.61. The Hall–Kier alpha value is -2.02. The van der Waals surface area contributed by atoms with Crippen LogP contribution in [0, 0.1) is 0 Å². The summed E-state index contributed by atoms with van der Waals surface area (Å²) in [6.07, 6.45) is 6.95. The van der Waals surface area contributed by atoms with E-state index in [-0.39, 0.29) is 0 Å². The van der Waals surface area contributed by atoms with Crippen LogP contribution < -0.4 is 5.32 Å². The van der Waals surface area contributed by atoms with Gasteiger partial charge >= 0.3 is 0 Å². The van der Waals surface area contributed by atoms with Crippen LogP contribution in [0.4, 0.5) is 5.82 Å². The summed E-state index contributed by atoms with van der Waals surface area (Å²) in [7, 11) is 0. The van der Waals surface area contributed by atoms with Crippen LogP contribution in [0.15, 0.2) is 30.3 Å². The number of hydrogen-bond acceptors (Lipinski definition) is 6. The first kappa shape index (κ1) is 9.22. The van der Waals surface area contributed by atoms with Crippen molar-refractivity contribution in [1.29, 1.82) is 0 Å². The third-order valence-corrected chi connectivity index (χ3v) is 2.89. The molecule has 3 heterocycles. The Kier molecular flexibility index (Phi) is 2.22. The molecule has 0 saturated carbocycles. The molecule has 0 aliphatic carbocycles. The largest absolute Gasteiger partial charge is 0.360 e. The lowest BCUT2D eigenvalue weighted by Crippen LogP contribution is -2.03. The first-order valence-electron chi connectivity index (χ1n) is 4.70. The lowest BCUT2D eigenvalue weighted by molar-refractivity contribution is 1.05. The van der Waals surface area contributed by atoms with Crippen molar-refractivity contribution in [2.45, 2.75) is 6.54 Å². The second-order valence-electron chi connectivity index (χ2n) is 3.12. The lowest BCUT2D eigenvalue weighted by atomic mass is 10.5. The summed E-state index contributed by atoms with van der Waals surface area (Å²) in [5, 5.41) is 14.0. The Morgan fingerprint density at radius 2 is 2.31 bits per heavy atom. The Morgan fingerprint density at radius 1 is 1.31 bits per heavy atom. The Balaban J connectivity index is 1.86. The van der Waals surface area contributed by atoms with Crippen molar-refractivity contribution >= 4 is 22.8 Å². The fourth-order valence-corrected chi connectivity index (χ4v) is 1.94. The summed E-state index contributed by atoms with van der Waals surface area (Å²) in [5.41, 5.74) is 0.721. The van der Waals surface area contributed by atoms with Gasteiger partial charge in [0.25, 0.3) is 0 Å². The zero-order valence-electron chi connectivity index (χ0n) is 8.24. The second-order valence-corrected chi connectivity index (χ2v) is 4.10. The summed E-state index contributed by atoms with van der Waals surface area (Å²) < 4.78 is 1.82. The maximum Gasteiger partial charge on any atom is 0.203 e. The average Bonchev–Trinajstić information content (AvgIpc) is 2.97. The number of thiazole rings is 1. The van der Waals surface area contributed by atoms with Crippen LogP contribution in [0.1, 0.15) is 5.01 Å². The molecule has 3 aromatic rings. The van der Waals surface area contributed by atoms with Crippen LogP contribution in [0.25, 0.3) is 5.65 Å². The molecule has 0 aliphatic rings. The molecule has 0 aromatic carbocycles. The lowest BCUT2D eigenvalue weighted by Gasteiger charge is -2.03. The topological polar surface area (TPSA) is 68.0 Å². The van der Waals surface area contributed by atoms with Crippen LogP contribution in [-0.2, 0) is 6.54 Å². The standard InChI is InChI=1S/C9H8N6S/c1-3-15-6-13-14-9(15)8(11-1)12-5-7-10-2-4-16-7/h1-4,6H,5H2,(H,11,12). The van der Waals surface area contributed by atoms with Gasteiger partial charge in [-0.25, -0.2) is 9.97 Å². The highest BCUT2D eigenvalue weighted by Crippen LogP contribution is 2.12. The van der Waals surface area contributed by atoms with E-state index in [0.29, 0.717) is 6.54 Å². The number of aromatic nitrogens is 5. The monoisotopic (exact) mass is 232 g/mol. The summed E-state index contributed by atoms with van der Waals surface area (Å²) >= 11 is 1.61. The van der Waals surface area contributed by atoms with Crippen LogP contribution in [0.5, 0.6) is 0 Å². The van der Waals surface area contributed by atoms with Gasteiger partial charge in [-0.15, -0.1) is 21.5 Å². The molecular formula is C9H8N6S. The average molecular weight is 232 g/mol. The van der Waals surface area contributed by atoms with Crippen LogP contribution >= 0.6 is 11.3 Å². The number of anilines is 1. The molecular weight excluding hydrogens is 224 g/mol. The minimum atomic E-state index is 0.650. The summed E-state index contributed by atoms with van der Waals surface area (Å²) in [5.74, 6) is 0.718. The van der Waals surface area contributed by atoms with E-state index in [4.69, 9.17) is 0 Å². The van der Waals surface area contributed by atoms with Crippen LogP contribution in [0.3, 0.4) is 0 Å². The van der Waals surface area contributed by atoms with E-state index >= 15 is 0 Å². The molecule has 1 N–H and O–H groups in total. The molecule has 0 unspecified atom stereocenters. The maximum atomic E-state index is 4.22. The molecule has 0 fully saturated rings. The predicted molar refractivity (Wildman–Crippen MR) is 60.2 cm³/mol. The van der Waals surface area contributed by atoms with Gasteiger partial charge < -0.3 is 5.32 Å². The number of fused-ring (bicyclic) bond motifs is 1. The van der Waals surface area contributed by atoms with Gasteiger partial charge in [0.05, 0.1) is 6.54 Å². The normalized spacial score (nSPS) is 10.8. The van der Waals surface area contributed by atoms with Crippen molar-refractivity contribution in [3.05, 3.63) is 35.3 Å². The smallest absolute Gasteiger partial charge is 0.203 e. The van der Waals surface area contributed by atoms with Crippen molar-refractivity contribution in [2.75, 3.05) is 5.32 Å². The molecule has 16 heavy (non-hydrogen) atoms. The molecule has 80 valence electrons. The Labute approximate surface area is 95.0 Å². The van der Waals surface area contributed by atoms with Gasteiger partial charge in [-0.3, -0.25) is 4.40 Å². The van der Waals surface area contributed by atoms with E-state index in [2.05, 4.69) is 25.5 Å². The number of nitrogens with one attached hydrogen (secondary N) is 1. The fraction of sp³-hybridized carbons (Fsp3) is 0.111. The van der Waals surface area contributed by atoms with E-state index in [9.17, 15) is 0 Å². The predicted octanol–water partition coefficient (Wildman–Crippen LogP) is 1.19. The third-order valence-electron chi connectivity index (χ3n) is 2.11. The van der Waals surface area contributed by atoms with Crippen LogP contribution in [-0.4, -0.2) is 24.6 Å². The van der Waals surface area contributed by atoms with Crippen molar-refractivity contribution < 1.29 is 0 Å². The maximum absolute atomic E-state index is 4.22. The molecule has 0 aliphatic heterocycles. The number of hydrogen-bond donors (Lipinski definition) is 1. The van der Waals surface area contributed by atoms with Crippen molar-refractivity contribution in [1.82, 2.24) is 24.6 Å². The molecule has 0 amide bonds. The zero-order chi connectivity index (χ0) is 10.8. The van der Waals surface area contributed by atoms with Crippen molar-refractivity contribution in [2.24, 2.45) is 0 Å². The van der Waals surface area contributed by atoms with Crippen LogP contribution in [0.2, 0.25) is 0 Å². The summed E-state index contributed by atoms with van der Waals surface area (Å²) in [6.45, 7) is 0.650. The molecule has 0 bridgehead atoms. The molecule has 0 atom stereocenters. The Morgan fingerprint density at radius 3 is 3.19 bits per heavy atom. The van der Waals surface area contributed by atoms with E-state index in [1.54, 1.807) is 30.1 Å². The highest BCUT2D eigenvalue weighted by Gasteiger charge is 2.04. The molecule has 0 saturated heterocycles. The van der Waals surface area contributed by atoms with Gasteiger partial charge in [-0.05, 0) is 0 Å². The van der Waals surface area contributed by atoms with Crippen molar-refractivity contribution in [3.63, 3.8) is 0 Å². The SMILES string of the molecule is c1csc(CNc2nccn3cnnc23)n1. The minimum Gasteiger partial charge on any atom is -0.360 e. The molecule has 6 nitrogen and oxygen atoms in total. The van der Waals surface area contributed by atoms with Gasteiger partial charge in [0, 0.05) is 24.0 Å². The molecule has 0 spiro atoms. The van der Waals surface area contributed by atoms with E-state index in [1.807, 2.05) is 16.0 Å². The van der Waals surface area contributed by atoms with Gasteiger partial charge in [0.15, 0.2) is 5.82 Å². The molecule has 0 radical (unpaired) electrons. The first-order valence-corrected chi connectivity index (χ1v) is 5.58. The Bertz CT molecular complexity index is 587. The minimum absolute atomic E-state index is 0.650. The first-order chi connectivity index (χ1) is 7.93. The summed E-state index contributed by atoms with van der Waals surface area (Å²) in [6, 6.07) is 0. The van der Waals surface area contributed by atoms with E-state index in [1.165, 1.54) is 0 Å². The summed E-state index contributed by atoms with van der Waals surface area (Å²) in [4.78, 5) is 8.41. The van der Waals surface area contributed by atoms with Gasteiger partial charge in [-0.2, -0.15) is 0 Å². The van der Waals surface area contributed by atoms with Gasteiger partial charge in [0.2, 0.25) is 5.65 Å². The highest BCUT2D eigenvalue weighted by atomic mass is 32.1.